The SMILES string of the molecule is COc1ccc(C(=O)N2CCCC[C@H]2c2ncn[nH]2)c(F)c1. The Labute approximate surface area is 127 Å². The maximum absolute atomic E-state index is 14.1. The number of rotatable bonds is 3. The van der Waals surface area contributed by atoms with Gasteiger partial charge in [-0.2, -0.15) is 5.10 Å². The number of benzene rings is 1. The first-order chi connectivity index (χ1) is 10.7. The zero-order chi connectivity index (χ0) is 15.5. The minimum absolute atomic E-state index is 0.0483. The van der Waals surface area contributed by atoms with Crippen molar-refractivity contribution in [2.24, 2.45) is 0 Å². The van der Waals surface area contributed by atoms with E-state index in [-0.39, 0.29) is 17.5 Å². The molecule has 1 aliphatic heterocycles. The monoisotopic (exact) mass is 304 g/mol. The van der Waals surface area contributed by atoms with Crippen LogP contribution in [0.3, 0.4) is 0 Å². The highest BCUT2D eigenvalue weighted by molar-refractivity contribution is 5.95. The Morgan fingerprint density at radius 2 is 2.32 bits per heavy atom. The highest BCUT2D eigenvalue weighted by atomic mass is 19.1. The molecular formula is C15H17FN4O2. The molecule has 22 heavy (non-hydrogen) atoms. The largest absolute Gasteiger partial charge is 0.497 e. The molecule has 0 radical (unpaired) electrons. The number of aromatic amines is 1. The van der Waals surface area contributed by atoms with Crippen LogP contribution in [0.15, 0.2) is 24.5 Å². The number of carbonyl (C=O) groups excluding carboxylic acids is 1. The third-order valence-electron chi connectivity index (χ3n) is 3.92. The summed E-state index contributed by atoms with van der Waals surface area (Å²) >= 11 is 0. The molecule has 1 saturated heterocycles. The molecular weight excluding hydrogens is 287 g/mol. The van der Waals surface area contributed by atoms with Gasteiger partial charge in [0, 0.05) is 12.6 Å². The number of H-pyrrole nitrogens is 1. The molecule has 1 N–H and O–H groups in total. The van der Waals surface area contributed by atoms with Crippen LogP contribution in [0.2, 0.25) is 0 Å². The van der Waals surface area contributed by atoms with E-state index in [0.717, 1.165) is 19.3 Å². The van der Waals surface area contributed by atoms with Crippen molar-refractivity contribution in [1.29, 1.82) is 0 Å². The predicted octanol–water partition coefficient (Wildman–Crippen LogP) is 2.32. The molecule has 0 saturated carbocycles. The van der Waals surface area contributed by atoms with E-state index in [0.29, 0.717) is 18.1 Å². The topological polar surface area (TPSA) is 71.1 Å². The van der Waals surface area contributed by atoms with Crippen molar-refractivity contribution < 1.29 is 13.9 Å². The van der Waals surface area contributed by atoms with Crippen molar-refractivity contribution in [2.45, 2.75) is 25.3 Å². The summed E-state index contributed by atoms with van der Waals surface area (Å²) in [6, 6.07) is 4.08. The van der Waals surface area contributed by atoms with Crippen molar-refractivity contribution in [3.63, 3.8) is 0 Å². The number of halogens is 1. The van der Waals surface area contributed by atoms with Crippen molar-refractivity contribution in [2.75, 3.05) is 13.7 Å². The minimum Gasteiger partial charge on any atom is -0.497 e. The fourth-order valence-electron chi connectivity index (χ4n) is 2.79. The number of piperidine rings is 1. The number of likely N-dealkylation sites (tertiary alicyclic amines) is 1. The molecule has 116 valence electrons. The summed E-state index contributed by atoms with van der Waals surface area (Å²) in [6.45, 7) is 0.579. The summed E-state index contributed by atoms with van der Waals surface area (Å²) in [5, 5.41) is 6.65. The Morgan fingerprint density at radius 3 is 3.00 bits per heavy atom. The Kier molecular flexibility index (Phi) is 4.04. The zero-order valence-electron chi connectivity index (χ0n) is 12.3. The summed E-state index contributed by atoms with van der Waals surface area (Å²) in [5.41, 5.74) is 0.0483. The molecule has 1 atom stereocenters. The molecule has 1 fully saturated rings. The van der Waals surface area contributed by atoms with Crippen molar-refractivity contribution in [3.8, 4) is 5.75 Å². The molecule has 3 rings (SSSR count). The highest BCUT2D eigenvalue weighted by Gasteiger charge is 2.31. The number of aromatic nitrogens is 3. The number of amides is 1. The van der Waals surface area contributed by atoms with Crippen LogP contribution in [0, 0.1) is 5.82 Å². The summed E-state index contributed by atoms with van der Waals surface area (Å²) in [7, 11) is 1.46. The van der Waals surface area contributed by atoms with Crippen LogP contribution in [0.1, 0.15) is 41.5 Å². The van der Waals surface area contributed by atoms with Crippen molar-refractivity contribution in [1.82, 2.24) is 20.1 Å². The van der Waals surface area contributed by atoms with Gasteiger partial charge in [0.1, 0.15) is 23.7 Å². The smallest absolute Gasteiger partial charge is 0.257 e. The lowest BCUT2D eigenvalue weighted by atomic mass is 10.00. The van der Waals surface area contributed by atoms with Crippen LogP contribution in [-0.4, -0.2) is 39.6 Å². The lowest BCUT2D eigenvalue weighted by Gasteiger charge is -2.34. The molecule has 6 nitrogen and oxygen atoms in total. The van der Waals surface area contributed by atoms with Gasteiger partial charge in [-0.3, -0.25) is 9.89 Å². The number of nitrogens with one attached hydrogen (secondary N) is 1. The van der Waals surface area contributed by atoms with Gasteiger partial charge in [0.15, 0.2) is 0 Å². The van der Waals surface area contributed by atoms with Gasteiger partial charge in [-0.25, -0.2) is 9.37 Å². The first-order valence-electron chi connectivity index (χ1n) is 7.20. The van der Waals surface area contributed by atoms with Crippen molar-refractivity contribution >= 4 is 5.91 Å². The molecule has 2 aromatic rings. The maximum Gasteiger partial charge on any atom is 0.257 e. The molecule has 0 bridgehead atoms. The molecule has 7 heteroatoms. The van der Waals surface area contributed by atoms with E-state index in [1.807, 2.05) is 0 Å². The Balaban J connectivity index is 1.89. The lowest BCUT2D eigenvalue weighted by Crippen LogP contribution is -2.39. The standard InChI is InChI=1S/C15H17FN4O2/c1-22-10-5-6-11(12(16)8-10)15(21)20-7-3-2-4-13(20)14-17-9-18-19-14/h5-6,8-9,13H,2-4,7H2,1H3,(H,17,18,19)/t13-/m0/s1. The normalized spacial score (nSPS) is 18.3. The average Bonchev–Trinajstić information content (AvgIpc) is 3.08. The molecule has 0 unspecified atom stereocenters. The molecule has 1 amide bonds. The second-order valence-electron chi connectivity index (χ2n) is 5.23. The summed E-state index contributed by atoms with van der Waals surface area (Å²) in [5.74, 6) is 0.119. The molecule has 1 aromatic carbocycles. The average molecular weight is 304 g/mol. The summed E-state index contributed by atoms with van der Waals surface area (Å²) in [4.78, 5) is 18.5. The fraction of sp³-hybridized carbons (Fsp3) is 0.400. The number of methoxy groups -OCH3 is 1. The van der Waals surface area contributed by atoms with Gasteiger partial charge in [-0.1, -0.05) is 0 Å². The van der Waals surface area contributed by atoms with Crippen LogP contribution >= 0.6 is 0 Å². The third kappa shape index (κ3) is 2.66. The van der Waals surface area contributed by atoms with Crippen molar-refractivity contribution in [3.05, 3.63) is 41.7 Å². The van der Waals surface area contributed by atoms with Gasteiger partial charge in [0.05, 0.1) is 18.7 Å². The molecule has 2 heterocycles. The summed E-state index contributed by atoms with van der Waals surface area (Å²) < 4.78 is 19.1. The molecule has 1 aliphatic rings. The lowest BCUT2D eigenvalue weighted by molar-refractivity contribution is 0.0595. The number of carbonyl (C=O) groups is 1. The van der Waals surface area contributed by atoms with E-state index in [2.05, 4.69) is 15.2 Å². The van der Waals surface area contributed by atoms with Crippen LogP contribution < -0.4 is 4.74 Å². The van der Waals surface area contributed by atoms with Gasteiger partial charge in [-0.05, 0) is 31.4 Å². The highest BCUT2D eigenvalue weighted by Crippen LogP contribution is 2.30. The predicted molar refractivity (Wildman–Crippen MR) is 77.0 cm³/mol. The van der Waals surface area contributed by atoms with Crippen LogP contribution in [0.5, 0.6) is 5.75 Å². The van der Waals surface area contributed by atoms with Gasteiger partial charge < -0.3 is 9.64 Å². The Bertz CT molecular complexity index is 660. The van der Waals surface area contributed by atoms with Gasteiger partial charge in [0.25, 0.3) is 5.91 Å². The van der Waals surface area contributed by atoms with E-state index >= 15 is 0 Å². The quantitative estimate of drug-likeness (QED) is 0.944. The fourth-order valence-corrected chi connectivity index (χ4v) is 2.79. The van der Waals surface area contributed by atoms with E-state index in [1.54, 1.807) is 11.0 Å². The van der Waals surface area contributed by atoms with E-state index in [9.17, 15) is 9.18 Å². The number of ether oxygens (including phenoxy) is 1. The number of hydrogen-bond donors (Lipinski definition) is 1. The number of hydrogen-bond acceptors (Lipinski definition) is 4. The molecule has 1 aromatic heterocycles. The Morgan fingerprint density at radius 1 is 1.45 bits per heavy atom. The molecule has 0 aliphatic carbocycles. The summed E-state index contributed by atoms with van der Waals surface area (Å²) in [6.07, 6.45) is 4.10. The first-order valence-corrected chi connectivity index (χ1v) is 7.20. The van der Waals surface area contributed by atoms with E-state index in [1.165, 1.54) is 25.6 Å². The van der Waals surface area contributed by atoms with Crippen LogP contribution in [-0.2, 0) is 0 Å². The third-order valence-corrected chi connectivity index (χ3v) is 3.92. The second kappa shape index (κ2) is 6.13. The van der Waals surface area contributed by atoms with Gasteiger partial charge in [-0.15, -0.1) is 0 Å². The maximum atomic E-state index is 14.1. The van der Waals surface area contributed by atoms with Gasteiger partial charge >= 0.3 is 0 Å². The van der Waals surface area contributed by atoms with E-state index in [4.69, 9.17) is 4.74 Å². The molecule has 0 spiro atoms. The Hall–Kier alpha value is -2.44. The van der Waals surface area contributed by atoms with Crippen LogP contribution in [0.4, 0.5) is 4.39 Å². The van der Waals surface area contributed by atoms with Crippen LogP contribution in [0.25, 0.3) is 0 Å². The van der Waals surface area contributed by atoms with Gasteiger partial charge in [0.2, 0.25) is 0 Å². The number of nitrogens with zero attached hydrogens (tertiary/aromatic N) is 3. The minimum atomic E-state index is -0.578. The van der Waals surface area contributed by atoms with E-state index < -0.39 is 5.82 Å². The second-order valence-corrected chi connectivity index (χ2v) is 5.23. The first kappa shape index (κ1) is 14.5. The zero-order valence-corrected chi connectivity index (χ0v) is 12.3.